The van der Waals surface area contributed by atoms with Crippen molar-refractivity contribution in [2.75, 3.05) is 0 Å². The van der Waals surface area contributed by atoms with Crippen LogP contribution in [0.15, 0.2) is 95.9 Å². The van der Waals surface area contributed by atoms with Crippen molar-refractivity contribution in [3.8, 4) is 0 Å². The second-order valence-electron chi connectivity index (χ2n) is 10.3. The Morgan fingerprint density at radius 2 is 1.48 bits per heavy atom. The number of aliphatic carboxylic acids is 1. The van der Waals surface area contributed by atoms with Crippen LogP contribution in [0.3, 0.4) is 0 Å². The van der Waals surface area contributed by atoms with Crippen LogP contribution < -0.4 is 5.56 Å². The molecule has 0 saturated heterocycles. The van der Waals surface area contributed by atoms with Gasteiger partial charge in [0.05, 0.1) is 0 Å². The summed E-state index contributed by atoms with van der Waals surface area (Å²) in [5.41, 5.74) is 5.39. The van der Waals surface area contributed by atoms with Crippen molar-refractivity contribution in [1.82, 2.24) is 4.57 Å². The molecule has 4 aromatic rings. The monoisotopic (exact) mass is 543 g/mol. The second-order valence-corrected chi connectivity index (χ2v) is 10.3. The van der Waals surface area contributed by atoms with Crippen molar-refractivity contribution in [2.45, 2.75) is 63.8 Å². The zero-order valence-corrected chi connectivity index (χ0v) is 22.7. The normalized spacial score (nSPS) is 12.9. The van der Waals surface area contributed by atoms with Crippen molar-refractivity contribution in [1.29, 1.82) is 0 Å². The van der Waals surface area contributed by atoms with Gasteiger partial charge in [-0.2, -0.15) is 0 Å². The number of rotatable bonds is 9. The van der Waals surface area contributed by atoms with E-state index in [2.05, 4.69) is 24.3 Å². The summed E-state index contributed by atoms with van der Waals surface area (Å²) in [7, 11) is 0. The molecule has 1 aromatic heterocycles. The fourth-order valence-corrected chi connectivity index (χ4v) is 4.98. The number of pyridine rings is 1. The molecule has 1 aliphatic carbocycles. The number of aromatic nitrogens is 1. The summed E-state index contributed by atoms with van der Waals surface area (Å²) in [4.78, 5) is 22.0. The Morgan fingerprint density at radius 1 is 0.900 bits per heavy atom. The Hall–Kier alpha value is -4.06. The smallest absolute Gasteiger partial charge is 0.303 e. The molecule has 0 amide bonds. The van der Waals surface area contributed by atoms with E-state index in [0.29, 0.717) is 12.5 Å². The predicted octanol–water partition coefficient (Wildman–Crippen LogP) is 7.69. The standard InChI is InChI=1S/C31H29F2NO.C3H6O2/c32-28-14-9-24(10-15-28)31(25-11-16-29(33)17-12-25)27-13-18-30(35)34(21-27)19-3-5-22-4-1-8-26(20-22)23-6-2-7-23;1-2-3(4)5/h1,4,8-18,20-21,23,31H,2-3,5-7,19H2;2H2,1H3,(H,4,5). The molecule has 1 fully saturated rings. The second kappa shape index (κ2) is 13.8. The van der Waals surface area contributed by atoms with Crippen LogP contribution in [-0.2, 0) is 17.8 Å². The van der Waals surface area contributed by atoms with Crippen LogP contribution in [0.5, 0.6) is 0 Å². The number of carboxylic acid groups (broad SMARTS) is 1. The van der Waals surface area contributed by atoms with Crippen molar-refractivity contribution in [3.05, 3.63) is 141 Å². The average molecular weight is 544 g/mol. The molecule has 0 bridgehead atoms. The molecule has 5 rings (SSSR count). The molecule has 1 saturated carbocycles. The lowest BCUT2D eigenvalue weighted by atomic mass is 9.79. The Balaban J connectivity index is 0.000000681. The molecule has 208 valence electrons. The van der Waals surface area contributed by atoms with Gasteiger partial charge in [-0.3, -0.25) is 9.59 Å². The molecule has 0 spiro atoms. The van der Waals surface area contributed by atoms with Gasteiger partial charge in [-0.15, -0.1) is 0 Å². The van der Waals surface area contributed by atoms with Crippen LogP contribution >= 0.6 is 0 Å². The highest BCUT2D eigenvalue weighted by molar-refractivity contribution is 5.66. The molecule has 0 radical (unpaired) electrons. The van der Waals surface area contributed by atoms with Gasteiger partial charge in [-0.05, 0) is 83.7 Å². The lowest BCUT2D eigenvalue weighted by molar-refractivity contribution is -0.136. The van der Waals surface area contributed by atoms with E-state index in [1.54, 1.807) is 41.8 Å². The summed E-state index contributed by atoms with van der Waals surface area (Å²) >= 11 is 0. The van der Waals surface area contributed by atoms with E-state index in [1.165, 1.54) is 54.7 Å². The first-order valence-electron chi connectivity index (χ1n) is 13.9. The van der Waals surface area contributed by atoms with Crippen LogP contribution in [0.1, 0.15) is 78.7 Å². The van der Waals surface area contributed by atoms with E-state index in [4.69, 9.17) is 5.11 Å². The van der Waals surface area contributed by atoms with Gasteiger partial charge in [0.1, 0.15) is 11.6 Å². The third-order valence-corrected chi connectivity index (χ3v) is 7.44. The van der Waals surface area contributed by atoms with E-state index in [0.717, 1.165) is 29.5 Å². The van der Waals surface area contributed by atoms with Gasteiger partial charge in [-0.1, -0.05) is 67.9 Å². The lowest BCUT2D eigenvalue weighted by Crippen LogP contribution is -2.20. The van der Waals surface area contributed by atoms with Crippen LogP contribution in [0.4, 0.5) is 8.78 Å². The Bertz CT molecular complexity index is 1410. The first-order chi connectivity index (χ1) is 19.3. The zero-order valence-electron chi connectivity index (χ0n) is 22.7. The highest BCUT2D eigenvalue weighted by atomic mass is 19.1. The Labute approximate surface area is 233 Å². The lowest BCUT2D eigenvalue weighted by Gasteiger charge is -2.26. The summed E-state index contributed by atoms with van der Waals surface area (Å²) in [5, 5.41) is 7.72. The highest BCUT2D eigenvalue weighted by Gasteiger charge is 2.20. The minimum Gasteiger partial charge on any atom is -0.481 e. The minimum absolute atomic E-state index is 0.0473. The van der Waals surface area contributed by atoms with E-state index in [1.807, 2.05) is 12.3 Å². The minimum atomic E-state index is -0.745. The fourth-order valence-electron chi connectivity index (χ4n) is 4.98. The van der Waals surface area contributed by atoms with E-state index >= 15 is 0 Å². The van der Waals surface area contributed by atoms with E-state index in [-0.39, 0.29) is 29.5 Å². The van der Waals surface area contributed by atoms with Gasteiger partial charge in [0, 0.05) is 31.1 Å². The number of halogens is 2. The molecule has 4 nitrogen and oxygen atoms in total. The number of carbonyl (C=O) groups is 1. The third kappa shape index (κ3) is 7.75. The van der Waals surface area contributed by atoms with Crippen LogP contribution in [-0.4, -0.2) is 15.6 Å². The molecule has 6 heteroatoms. The van der Waals surface area contributed by atoms with Gasteiger partial charge in [0.2, 0.25) is 0 Å². The molecule has 0 atom stereocenters. The number of carboxylic acids is 1. The maximum absolute atomic E-state index is 13.6. The Morgan fingerprint density at radius 3 is 2.00 bits per heavy atom. The maximum atomic E-state index is 13.6. The van der Waals surface area contributed by atoms with Gasteiger partial charge < -0.3 is 9.67 Å². The van der Waals surface area contributed by atoms with Gasteiger partial charge in [0.25, 0.3) is 5.56 Å². The van der Waals surface area contributed by atoms with Crippen LogP contribution in [0.25, 0.3) is 0 Å². The zero-order chi connectivity index (χ0) is 28.5. The van der Waals surface area contributed by atoms with Crippen LogP contribution in [0.2, 0.25) is 0 Å². The number of nitrogens with zero attached hydrogens (tertiary/aromatic N) is 1. The van der Waals surface area contributed by atoms with E-state index < -0.39 is 5.97 Å². The molecular formula is C34H35F2NO3. The van der Waals surface area contributed by atoms with Gasteiger partial charge >= 0.3 is 5.97 Å². The highest BCUT2D eigenvalue weighted by Crippen LogP contribution is 2.36. The van der Waals surface area contributed by atoms with Crippen molar-refractivity contribution in [2.24, 2.45) is 0 Å². The summed E-state index contributed by atoms with van der Waals surface area (Å²) in [6.45, 7) is 2.21. The molecule has 40 heavy (non-hydrogen) atoms. The fraction of sp³-hybridized carbons (Fsp3) is 0.294. The van der Waals surface area contributed by atoms with Gasteiger partial charge in [0.15, 0.2) is 0 Å². The van der Waals surface area contributed by atoms with Crippen molar-refractivity contribution >= 4 is 5.97 Å². The summed E-state index contributed by atoms with van der Waals surface area (Å²) in [5.74, 6) is -0.882. The average Bonchev–Trinajstić information content (AvgIpc) is 2.92. The molecule has 1 heterocycles. The number of benzene rings is 3. The first-order valence-corrected chi connectivity index (χ1v) is 13.9. The summed E-state index contributed by atoms with van der Waals surface area (Å²) in [6.07, 6.45) is 7.78. The topological polar surface area (TPSA) is 59.3 Å². The molecule has 0 aliphatic heterocycles. The molecule has 3 aromatic carbocycles. The molecule has 1 aliphatic rings. The number of hydrogen-bond donors (Lipinski definition) is 1. The maximum Gasteiger partial charge on any atom is 0.303 e. The van der Waals surface area contributed by atoms with E-state index in [9.17, 15) is 18.4 Å². The summed E-state index contributed by atoms with van der Waals surface area (Å²) in [6, 6.07) is 25.0. The summed E-state index contributed by atoms with van der Waals surface area (Å²) < 4.78 is 29.0. The number of hydrogen-bond acceptors (Lipinski definition) is 2. The molecule has 0 unspecified atom stereocenters. The largest absolute Gasteiger partial charge is 0.481 e. The SMILES string of the molecule is CCC(=O)O.O=c1ccc(C(c2ccc(F)cc2)c2ccc(F)cc2)cn1CCCc1cccc(C2CCC2)c1. The number of aryl methyl sites for hydroxylation is 2. The first kappa shape index (κ1) is 28.9. The molecular weight excluding hydrogens is 508 g/mol. The van der Waals surface area contributed by atoms with Gasteiger partial charge in [-0.25, -0.2) is 8.78 Å². The third-order valence-electron chi connectivity index (χ3n) is 7.44. The van der Waals surface area contributed by atoms with Crippen molar-refractivity contribution < 1.29 is 18.7 Å². The van der Waals surface area contributed by atoms with Crippen molar-refractivity contribution in [3.63, 3.8) is 0 Å². The predicted molar refractivity (Wildman–Crippen MR) is 154 cm³/mol. The Kier molecular flexibility index (Phi) is 10.0. The molecule has 1 N–H and O–H groups in total. The van der Waals surface area contributed by atoms with Crippen LogP contribution in [0, 0.1) is 11.6 Å². The quantitative estimate of drug-likeness (QED) is 0.235.